The van der Waals surface area contributed by atoms with Crippen LogP contribution in [0.15, 0.2) is 48.3 Å². The molecule has 0 saturated heterocycles. The van der Waals surface area contributed by atoms with E-state index < -0.39 is 32.5 Å². The Bertz CT molecular complexity index is 1920. The first-order valence-corrected chi connectivity index (χ1v) is 18.8. The first-order chi connectivity index (χ1) is 27.0. The Morgan fingerprint density at radius 2 is 1.75 bits per heavy atom. The molecule has 0 fully saturated rings. The summed E-state index contributed by atoms with van der Waals surface area (Å²) in [4.78, 5) is 59.8. The molecule has 2 unspecified atom stereocenters. The molecular formula is C36H43N6O13P. The van der Waals surface area contributed by atoms with Gasteiger partial charge < -0.3 is 33.5 Å². The van der Waals surface area contributed by atoms with Gasteiger partial charge in [-0.2, -0.15) is 0 Å². The predicted octanol–water partition coefficient (Wildman–Crippen LogP) is 3.75. The third-order valence-corrected chi connectivity index (χ3v) is 8.85. The lowest BCUT2D eigenvalue weighted by Crippen LogP contribution is -2.24. The van der Waals surface area contributed by atoms with Crippen molar-refractivity contribution < 1.29 is 61.4 Å². The fraction of sp³-hybridized carbons (Fsp3) is 0.444. The summed E-state index contributed by atoms with van der Waals surface area (Å²) in [5, 5.41) is 19.4. The third kappa shape index (κ3) is 16.0. The zero-order chi connectivity index (χ0) is 40.8. The van der Waals surface area contributed by atoms with Crippen molar-refractivity contribution >= 4 is 54.7 Å². The minimum atomic E-state index is -4.52. The zero-order valence-electron chi connectivity index (χ0n) is 30.9. The van der Waals surface area contributed by atoms with Gasteiger partial charge in [-0.05, 0) is 59.9 Å². The maximum absolute atomic E-state index is 12.2. The van der Waals surface area contributed by atoms with Crippen LogP contribution in [-0.4, -0.2) is 104 Å². The number of fused-ring (bicyclic) bond motifs is 1. The van der Waals surface area contributed by atoms with Crippen LogP contribution in [0.4, 0.5) is 5.69 Å². The smallest absolute Gasteiger partial charge is 0.464 e. The molecule has 0 spiro atoms. The summed E-state index contributed by atoms with van der Waals surface area (Å²) in [5.41, 5.74) is 3.06. The molecule has 56 heavy (non-hydrogen) atoms. The van der Waals surface area contributed by atoms with E-state index in [1.807, 2.05) is 43.4 Å². The monoisotopic (exact) mass is 798 g/mol. The fourth-order valence-electron chi connectivity index (χ4n) is 4.83. The summed E-state index contributed by atoms with van der Waals surface area (Å²) in [6.07, 6.45) is 1.06. The van der Waals surface area contributed by atoms with Crippen LogP contribution in [0.25, 0.3) is 21.2 Å². The van der Waals surface area contributed by atoms with E-state index in [0.717, 1.165) is 22.0 Å². The topological polar surface area (TPSA) is 232 Å². The molecule has 2 aromatic carbocycles. The summed E-state index contributed by atoms with van der Waals surface area (Å²) < 4.78 is 47.7. The first-order valence-electron chi connectivity index (χ1n) is 17.3. The number of phosphoric ester groups is 1. The van der Waals surface area contributed by atoms with Crippen LogP contribution in [0.3, 0.4) is 0 Å². The average Bonchev–Trinajstić information content (AvgIpc) is 3.66. The minimum absolute atomic E-state index is 0.0266. The second-order valence-electron chi connectivity index (χ2n) is 11.9. The highest BCUT2D eigenvalue weighted by molar-refractivity contribution is 7.47. The van der Waals surface area contributed by atoms with E-state index in [2.05, 4.69) is 40.1 Å². The third-order valence-electron chi connectivity index (χ3n) is 7.86. The van der Waals surface area contributed by atoms with E-state index in [0.29, 0.717) is 30.8 Å². The van der Waals surface area contributed by atoms with Crippen LogP contribution >= 0.6 is 7.82 Å². The number of allylic oxidation sites excluding steroid dienone is 2. The van der Waals surface area contributed by atoms with Crippen LogP contribution in [0.1, 0.15) is 43.9 Å². The number of rotatable bonds is 27. The molecule has 19 nitrogen and oxygen atoms in total. The van der Waals surface area contributed by atoms with E-state index in [1.165, 1.54) is 0 Å². The number of benzene rings is 2. The van der Waals surface area contributed by atoms with Crippen LogP contribution in [0.2, 0.25) is 0 Å². The van der Waals surface area contributed by atoms with E-state index in [1.54, 1.807) is 17.8 Å². The van der Waals surface area contributed by atoms with Gasteiger partial charge in [0, 0.05) is 38.7 Å². The fourth-order valence-corrected chi connectivity index (χ4v) is 5.61. The molecular weight excluding hydrogens is 755 g/mol. The van der Waals surface area contributed by atoms with Gasteiger partial charge in [0.1, 0.15) is 25.5 Å². The van der Waals surface area contributed by atoms with Crippen LogP contribution in [0.5, 0.6) is 0 Å². The minimum Gasteiger partial charge on any atom is -0.464 e. The number of carbonyl (C=O) groups is 4. The molecule has 3 aromatic rings. The van der Waals surface area contributed by atoms with Crippen molar-refractivity contribution in [1.82, 2.24) is 15.0 Å². The van der Waals surface area contributed by atoms with Crippen molar-refractivity contribution in [2.45, 2.75) is 51.9 Å². The Kier molecular flexibility index (Phi) is 19.1. The molecule has 0 aliphatic carbocycles. The number of carbonyl (C=O) groups excluding carboxylic acids is 4. The molecule has 1 aromatic heterocycles. The van der Waals surface area contributed by atoms with Gasteiger partial charge in [-0.1, -0.05) is 23.4 Å². The first kappa shape index (κ1) is 44.7. The van der Waals surface area contributed by atoms with E-state index >= 15 is 0 Å². The summed E-state index contributed by atoms with van der Waals surface area (Å²) >= 11 is 0. The van der Waals surface area contributed by atoms with E-state index in [4.69, 9.17) is 25.3 Å². The molecule has 20 heteroatoms. The lowest BCUT2D eigenvalue weighted by Gasteiger charge is -2.19. The van der Waals surface area contributed by atoms with Crippen molar-refractivity contribution in [2.24, 2.45) is 0 Å². The number of anilines is 1. The zero-order valence-corrected chi connectivity index (χ0v) is 31.8. The van der Waals surface area contributed by atoms with Crippen molar-refractivity contribution in [3.63, 3.8) is 0 Å². The average molecular weight is 799 g/mol. The van der Waals surface area contributed by atoms with Gasteiger partial charge in [-0.25, -0.2) is 14.7 Å². The van der Waals surface area contributed by atoms with E-state index in [9.17, 15) is 33.9 Å². The molecule has 0 radical (unpaired) electrons. The van der Waals surface area contributed by atoms with Gasteiger partial charge in [-0.3, -0.25) is 32.9 Å². The second kappa shape index (κ2) is 24.0. The molecule has 3 rings (SSSR count). The highest BCUT2D eigenvalue weighted by atomic mass is 31.2. The Morgan fingerprint density at radius 1 is 1.02 bits per heavy atom. The summed E-state index contributed by atoms with van der Waals surface area (Å²) in [7, 11) is -2.55. The molecule has 0 bridgehead atoms. The molecule has 0 aliphatic rings. The lowest BCUT2D eigenvalue weighted by atomic mass is 10.0. The molecule has 0 saturated carbocycles. The van der Waals surface area contributed by atoms with E-state index in [-0.39, 0.29) is 77.5 Å². The number of nitrogens with zero attached hydrogens (tertiary/aromatic N) is 6. The predicted molar refractivity (Wildman–Crippen MR) is 197 cm³/mol. The van der Waals surface area contributed by atoms with Gasteiger partial charge in [0.05, 0.1) is 45.2 Å². The Labute approximate surface area is 323 Å². The normalized spacial score (nSPS) is 12.9. The van der Waals surface area contributed by atoms with Crippen LogP contribution in [-0.2, 0) is 69.6 Å². The quantitative estimate of drug-likeness (QED) is 0.0220. The maximum Gasteiger partial charge on any atom is 0.472 e. The van der Waals surface area contributed by atoms with Crippen molar-refractivity contribution in [2.75, 3.05) is 58.1 Å². The van der Waals surface area contributed by atoms with Crippen molar-refractivity contribution in [3.8, 4) is 6.07 Å². The highest BCUT2D eigenvalue weighted by Crippen LogP contribution is 2.43. The molecule has 2 atom stereocenters. The number of hydrogen-bond acceptors (Lipinski definition) is 16. The number of ether oxygens (including phenoxy) is 5. The van der Waals surface area contributed by atoms with Gasteiger partial charge in [0.25, 0.3) is 18.6 Å². The molecule has 0 aliphatic heterocycles. The summed E-state index contributed by atoms with van der Waals surface area (Å²) in [5.74, 6) is -1.01. The van der Waals surface area contributed by atoms with Gasteiger partial charge in [0.2, 0.25) is 0 Å². The maximum atomic E-state index is 12.2. The van der Waals surface area contributed by atoms with Gasteiger partial charge >= 0.3 is 19.8 Å². The highest BCUT2D eigenvalue weighted by Gasteiger charge is 2.24. The number of hydrogen-bond donors (Lipinski definition) is 1. The second-order valence-corrected chi connectivity index (χ2v) is 13.4. The largest absolute Gasteiger partial charge is 0.472 e. The lowest BCUT2D eigenvalue weighted by molar-refractivity contribution is -0.145. The van der Waals surface area contributed by atoms with Crippen molar-refractivity contribution in [3.05, 3.63) is 71.0 Å². The van der Waals surface area contributed by atoms with Gasteiger partial charge in [-0.15, -0.1) is 5.10 Å². The van der Waals surface area contributed by atoms with Crippen LogP contribution < -0.4 is 4.90 Å². The number of phosphoric acid groups is 1. The number of esters is 2. The Balaban J connectivity index is 1.23. The Morgan fingerprint density at radius 3 is 2.48 bits per heavy atom. The summed E-state index contributed by atoms with van der Waals surface area (Å²) in [6, 6.07) is 13.9. The summed E-state index contributed by atoms with van der Waals surface area (Å²) in [6.45, 7) is 9.35. The molecule has 1 heterocycles. The standard InChI is InChI=1S/C36H43N6O13P/c1-27(34(20-37)38-2)28-8-9-30-19-32(11-10-29(30)18-28)41(3)12-13-42-21-31(39-40-42)22-52-36(46)6-4-14-49-16-17-51-35(45)7-5-15-54-56(47,48)55-24-33(53-26-44)23-50-25-43/h8-11,18-19,21,25-26,33H,4-7,12-17,22-24H2,1,3H3,(H,47,48)/b34-27-. The Hall–Kier alpha value is -5.69. The van der Waals surface area contributed by atoms with Crippen LogP contribution in [0, 0.1) is 17.9 Å². The molecule has 0 amide bonds. The molecule has 1 N–H and O–H groups in total. The number of aromatic nitrogens is 3. The van der Waals surface area contributed by atoms with Crippen molar-refractivity contribution in [1.29, 1.82) is 5.26 Å². The number of likely N-dealkylation sites (N-methyl/N-ethyl adjacent to an activating group) is 1. The van der Waals surface area contributed by atoms with Gasteiger partial charge in [0.15, 0.2) is 6.10 Å². The molecule has 300 valence electrons. The number of nitriles is 1. The SMILES string of the molecule is [C-]#[N+]/C(C#N)=C(/C)c1ccc2cc(N(C)CCn3cc(COC(=O)CCCOCCOC(=O)CCCOP(=O)(O)OCC(COC=O)OC=O)nn3)ccc2c1.